The van der Waals surface area contributed by atoms with Gasteiger partial charge in [0.25, 0.3) is 0 Å². The first-order valence-electron chi connectivity index (χ1n) is 6.46. The average Bonchev–Trinajstić information content (AvgIpc) is 2.70. The molecule has 1 aromatic heterocycles. The number of thioether (sulfide) groups is 1. The Hall–Kier alpha value is -0.750. The van der Waals surface area contributed by atoms with Gasteiger partial charge in [-0.05, 0) is 27.7 Å². The quantitative estimate of drug-likeness (QED) is 0.803. The highest BCUT2D eigenvalue weighted by molar-refractivity contribution is 8.00. The van der Waals surface area contributed by atoms with Gasteiger partial charge in [-0.1, -0.05) is 0 Å². The van der Waals surface area contributed by atoms with Crippen molar-refractivity contribution >= 4 is 34.2 Å². The molecule has 0 saturated carbocycles. The minimum Gasteiger partial charge on any atom is -0.461 e. The van der Waals surface area contributed by atoms with Crippen molar-refractivity contribution in [2.24, 2.45) is 0 Å². The molecule has 1 aliphatic rings. The van der Waals surface area contributed by atoms with Crippen LogP contribution in [0.3, 0.4) is 0 Å². The van der Waals surface area contributed by atoms with Crippen molar-refractivity contribution in [3.8, 4) is 0 Å². The van der Waals surface area contributed by atoms with Gasteiger partial charge in [0.15, 0.2) is 10.8 Å². The molecule has 0 amide bonds. The summed E-state index contributed by atoms with van der Waals surface area (Å²) in [6.45, 7) is 10.6. The summed E-state index contributed by atoms with van der Waals surface area (Å²) < 4.78 is 5.27. The van der Waals surface area contributed by atoms with E-state index in [1.807, 2.05) is 25.6 Å². The summed E-state index contributed by atoms with van der Waals surface area (Å²) in [5.74, 6) is 0.786. The Morgan fingerprint density at radius 2 is 2.26 bits per heavy atom. The number of rotatable bonds is 3. The second-order valence-corrected chi connectivity index (χ2v) is 8.14. The fourth-order valence-electron chi connectivity index (χ4n) is 2.09. The molecular weight excluding hydrogens is 280 g/mol. The van der Waals surface area contributed by atoms with Crippen LogP contribution in [0, 0.1) is 6.92 Å². The van der Waals surface area contributed by atoms with Gasteiger partial charge in [0.1, 0.15) is 0 Å². The molecule has 0 N–H and O–H groups in total. The summed E-state index contributed by atoms with van der Waals surface area (Å²) in [5, 5.41) is 0.939. The lowest BCUT2D eigenvalue weighted by atomic mass is 10.2. The van der Waals surface area contributed by atoms with Crippen LogP contribution in [0.1, 0.15) is 36.1 Å². The SMILES string of the molecule is CCOC(=O)c1nc(N2CCSC(C)(C)C2)sc1C. The fourth-order valence-corrected chi connectivity index (χ4v) is 4.12. The summed E-state index contributed by atoms with van der Waals surface area (Å²) in [4.78, 5) is 19.5. The number of anilines is 1. The van der Waals surface area contributed by atoms with E-state index in [2.05, 4.69) is 23.7 Å². The maximum absolute atomic E-state index is 11.8. The molecule has 106 valence electrons. The number of ether oxygens (including phenoxy) is 1. The molecule has 4 nitrogen and oxygen atoms in total. The van der Waals surface area contributed by atoms with Crippen LogP contribution in [0.15, 0.2) is 0 Å². The molecule has 1 aromatic rings. The second-order valence-electron chi connectivity index (χ2n) is 5.15. The van der Waals surface area contributed by atoms with E-state index < -0.39 is 0 Å². The molecule has 1 saturated heterocycles. The zero-order chi connectivity index (χ0) is 14.0. The number of hydrogen-bond acceptors (Lipinski definition) is 6. The highest BCUT2D eigenvalue weighted by Crippen LogP contribution is 2.34. The number of carbonyl (C=O) groups excluding carboxylic acids is 1. The minimum absolute atomic E-state index is 0.238. The Morgan fingerprint density at radius 3 is 2.89 bits per heavy atom. The highest BCUT2D eigenvalue weighted by atomic mass is 32.2. The van der Waals surface area contributed by atoms with Crippen molar-refractivity contribution in [1.29, 1.82) is 0 Å². The van der Waals surface area contributed by atoms with Gasteiger partial charge >= 0.3 is 5.97 Å². The largest absolute Gasteiger partial charge is 0.461 e. The predicted molar refractivity (Wildman–Crippen MR) is 81.6 cm³/mol. The lowest BCUT2D eigenvalue weighted by Crippen LogP contribution is -2.43. The third-order valence-electron chi connectivity index (χ3n) is 2.95. The molecule has 0 bridgehead atoms. The molecule has 2 heterocycles. The number of esters is 1. The lowest BCUT2D eigenvalue weighted by Gasteiger charge is -2.37. The molecule has 0 unspecified atom stereocenters. The molecule has 6 heteroatoms. The fraction of sp³-hybridized carbons (Fsp3) is 0.692. The van der Waals surface area contributed by atoms with Crippen molar-refractivity contribution in [2.75, 3.05) is 30.3 Å². The van der Waals surface area contributed by atoms with E-state index in [9.17, 15) is 4.79 Å². The molecule has 19 heavy (non-hydrogen) atoms. The zero-order valence-corrected chi connectivity index (χ0v) is 13.5. The molecular formula is C13H20N2O2S2. The van der Waals surface area contributed by atoms with Gasteiger partial charge < -0.3 is 9.64 Å². The molecule has 1 aliphatic heterocycles. The zero-order valence-electron chi connectivity index (χ0n) is 11.9. The van der Waals surface area contributed by atoms with Crippen LogP contribution in [0.5, 0.6) is 0 Å². The van der Waals surface area contributed by atoms with E-state index in [1.165, 1.54) is 0 Å². The van der Waals surface area contributed by atoms with E-state index in [0.717, 1.165) is 28.9 Å². The summed E-state index contributed by atoms with van der Waals surface area (Å²) in [7, 11) is 0. The van der Waals surface area contributed by atoms with Gasteiger partial charge in [0, 0.05) is 28.5 Å². The molecule has 1 fully saturated rings. The van der Waals surface area contributed by atoms with E-state index in [-0.39, 0.29) is 10.7 Å². The topological polar surface area (TPSA) is 42.4 Å². The van der Waals surface area contributed by atoms with Crippen LogP contribution in [0.25, 0.3) is 0 Å². The Labute approximate surface area is 122 Å². The summed E-state index contributed by atoms with van der Waals surface area (Å²) in [5.41, 5.74) is 0.470. The normalized spacial score (nSPS) is 18.4. The predicted octanol–water partition coefficient (Wildman–Crippen LogP) is 2.96. The van der Waals surface area contributed by atoms with Crippen LogP contribution in [-0.2, 0) is 4.74 Å². The van der Waals surface area contributed by atoms with E-state index in [4.69, 9.17) is 4.74 Å². The number of hydrogen-bond donors (Lipinski definition) is 0. The molecule has 0 aromatic carbocycles. The Kier molecular flexibility index (Phi) is 4.40. The van der Waals surface area contributed by atoms with Crippen LogP contribution < -0.4 is 4.90 Å². The van der Waals surface area contributed by atoms with Gasteiger partial charge in [-0.2, -0.15) is 11.8 Å². The van der Waals surface area contributed by atoms with Gasteiger partial charge in [-0.3, -0.25) is 0 Å². The van der Waals surface area contributed by atoms with Gasteiger partial charge in [0.05, 0.1) is 6.61 Å². The number of aromatic nitrogens is 1. The molecule has 2 rings (SSSR count). The van der Waals surface area contributed by atoms with Crippen molar-refractivity contribution in [2.45, 2.75) is 32.4 Å². The molecule has 0 spiro atoms. The van der Waals surface area contributed by atoms with Crippen LogP contribution >= 0.6 is 23.1 Å². The van der Waals surface area contributed by atoms with Crippen molar-refractivity contribution in [1.82, 2.24) is 4.98 Å². The van der Waals surface area contributed by atoms with Gasteiger partial charge in [-0.25, -0.2) is 9.78 Å². The van der Waals surface area contributed by atoms with Crippen molar-refractivity contribution in [3.63, 3.8) is 0 Å². The smallest absolute Gasteiger partial charge is 0.358 e. The molecule has 0 atom stereocenters. The van der Waals surface area contributed by atoms with Crippen molar-refractivity contribution < 1.29 is 9.53 Å². The Bertz CT molecular complexity index is 471. The Morgan fingerprint density at radius 1 is 1.53 bits per heavy atom. The van der Waals surface area contributed by atoms with E-state index in [0.29, 0.717) is 12.3 Å². The first-order valence-corrected chi connectivity index (χ1v) is 8.26. The minimum atomic E-state index is -0.312. The number of carbonyl (C=O) groups is 1. The molecule has 0 radical (unpaired) electrons. The summed E-state index contributed by atoms with van der Waals surface area (Å²) in [6.07, 6.45) is 0. The number of aryl methyl sites for hydroxylation is 1. The van der Waals surface area contributed by atoms with Crippen LogP contribution in [0.2, 0.25) is 0 Å². The van der Waals surface area contributed by atoms with Gasteiger partial charge in [-0.15, -0.1) is 11.3 Å². The van der Waals surface area contributed by atoms with Gasteiger partial charge in [0.2, 0.25) is 0 Å². The summed E-state index contributed by atoms with van der Waals surface area (Å²) >= 11 is 3.57. The monoisotopic (exact) mass is 300 g/mol. The van der Waals surface area contributed by atoms with Crippen molar-refractivity contribution in [3.05, 3.63) is 10.6 Å². The highest BCUT2D eigenvalue weighted by Gasteiger charge is 2.29. The van der Waals surface area contributed by atoms with Crippen LogP contribution in [0.4, 0.5) is 5.13 Å². The summed E-state index contributed by atoms with van der Waals surface area (Å²) in [6, 6.07) is 0. The maximum atomic E-state index is 11.8. The standard InChI is InChI=1S/C13H20N2O2S2/c1-5-17-11(16)10-9(2)19-12(14-10)15-6-7-18-13(3,4)8-15/h5-8H2,1-4H3. The number of thiazole rings is 1. The number of nitrogens with zero attached hydrogens (tertiary/aromatic N) is 2. The third kappa shape index (κ3) is 3.42. The average molecular weight is 300 g/mol. The van der Waals surface area contributed by atoms with E-state index >= 15 is 0 Å². The van der Waals surface area contributed by atoms with Crippen LogP contribution in [-0.4, -0.2) is 41.1 Å². The first-order chi connectivity index (χ1) is 8.93. The molecule has 0 aliphatic carbocycles. The second kappa shape index (κ2) is 5.71. The lowest BCUT2D eigenvalue weighted by molar-refractivity contribution is 0.0519. The Balaban J connectivity index is 2.17. The van der Waals surface area contributed by atoms with E-state index in [1.54, 1.807) is 11.3 Å². The third-order valence-corrected chi connectivity index (χ3v) is 5.28. The maximum Gasteiger partial charge on any atom is 0.358 e. The first kappa shape index (κ1) is 14.7.